The van der Waals surface area contributed by atoms with Gasteiger partial charge < -0.3 is 5.11 Å². The number of hydrogen-bond acceptors (Lipinski definition) is 3. The zero-order valence-corrected chi connectivity index (χ0v) is 15.6. The summed E-state index contributed by atoms with van der Waals surface area (Å²) in [6, 6.07) is 7.46. The average Bonchev–Trinajstić information content (AvgIpc) is 2.64. The number of pyridine rings is 1. The SMILES string of the molecule is CCCCCCCCCCCCN=Cc1ccc(O)c2ncccc12. The van der Waals surface area contributed by atoms with Gasteiger partial charge >= 0.3 is 0 Å². The zero-order chi connectivity index (χ0) is 17.7. The first-order chi connectivity index (χ1) is 12.3. The van der Waals surface area contributed by atoms with Crippen LogP contribution in [0.1, 0.15) is 76.7 Å². The van der Waals surface area contributed by atoms with Gasteiger partial charge in [0.25, 0.3) is 0 Å². The fourth-order valence-corrected chi connectivity index (χ4v) is 3.15. The summed E-state index contributed by atoms with van der Waals surface area (Å²) in [5.74, 6) is 0.224. The van der Waals surface area contributed by atoms with Crippen molar-refractivity contribution in [1.82, 2.24) is 4.98 Å². The van der Waals surface area contributed by atoms with E-state index in [1.165, 1.54) is 57.8 Å². The normalized spacial score (nSPS) is 11.6. The molecule has 0 fully saturated rings. The van der Waals surface area contributed by atoms with Gasteiger partial charge in [0.1, 0.15) is 11.3 Å². The molecular weight excluding hydrogens is 308 g/mol. The van der Waals surface area contributed by atoms with Crippen molar-refractivity contribution in [3.63, 3.8) is 0 Å². The highest BCUT2D eigenvalue weighted by molar-refractivity contribution is 6.00. The van der Waals surface area contributed by atoms with E-state index in [4.69, 9.17) is 0 Å². The summed E-state index contributed by atoms with van der Waals surface area (Å²) in [5.41, 5.74) is 1.67. The van der Waals surface area contributed by atoms with Crippen LogP contribution in [-0.2, 0) is 0 Å². The van der Waals surface area contributed by atoms with Crippen LogP contribution in [0.4, 0.5) is 0 Å². The molecule has 0 saturated heterocycles. The molecular formula is C22H32N2O. The minimum Gasteiger partial charge on any atom is -0.506 e. The molecule has 1 aromatic carbocycles. The second kappa shape index (κ2) is 11.6. The molecule has 0 amide bonds. The third kappa shape index (κ3) is 6.85. The quantitative estimate of drug-likeness (QED) is 0.365. The van der Waals surface area contributed by atoms with Crippen LogP contribution in [0.25, 0.3) is 10.9 Å². The predicted octanol–water partition coefficient (Wildman–Crippen LogP) is 6.28. The first-order valence-corrected chi connectivity index (χ1v) is 9.89. The second-order valence-corrected chi connectivity index (χ2v) is 6.79. The van der Waals surface area contributed by atoms with Crippen molar-refractivity contribution < 1.29 is 5.11 Å². The van der Waals surface area contributed by atoms with Gasteiger partial charge in [-0.1, -0.05) is 70.8 Å². The minimum absolute atomic E-state index is 0.224. The van der Waals surface area contributed by atoms with E-state index < -0.39 is 0 Å². The van der Waals surface area contributed by atoms with Crippen molar-refractivity contribution in [3.8, 4) is 5.75 Å². The van der Waals surface area contributed by atoms with E-state index in [1.807, 2.05) is 24.4 Å². The third-order valence-corrected chi connectivity index (χ3v) is 4.65. The highest BCUT2D eigenvalue weighted by Gasteiger charge is 2.03. The number of aliphatic imine (C=N–C) groups is 1. The molecule has 1 aromatic heterocycles. The maximum atomic E-state index is 9.86. The Hall–Kier alpha value is -1.90. The first-order valence-electron chi connectivity index (χ1n) is 9.89. The lowest BCUT2D eigenvalue weighted by molar-refractivity contribution is 0.480. The molecule has 3 nitrogen and oxygen atoms in total. The summed E-state index contributed by atoms with van der Waals surface area (Å²) in [4.78, 5) is 8.79. The van der Waals surface area contributed by atoms with Gasteiger partial charge in [0.2, 0.25) is 0 Å². The highest BCUT2D eigenvalue weighted by Crippen LogP contribution is 2.24. The fourth-order valence-electron chi connectivity index (χ4n) is 3.15. The van der Waals surface area contributed by atoms with Crippen LogP contribution in [0.5, 0.6) is 5.75 Å². The largest absolute Gasteiger partial charge is 0.506 e. The van der Waals surface area contributed by atoms with Gasteiger partial charge in [0.05, 0.1) is 0 Å². The molecule has 2 rings (SSSR count). The van der Waals surface area contributed by atoms with Crippen LogP contribution < -0.4 is 0 Å². The Balaban J connectivity index is 1.62. The average molecular weight is 341 g/mol. The van der Waals surface area contributed by atoms with Gasteiger partial charge in [-0.25, -0.2) is 0 Å². The lowest BCUT2D eigenvalue weighted by Crippen LogP contribution is -1.89. The summed E-state index contributed by atoms with van der Waals surface area (Å²) in [6.45, 7) is 3.14. The third-order valence-electron chi connectivity index (χ3n) is 4.65. The topological polar surface area (TPSA) is 45.5 Å². The van der Waals surface area contributed by atoms with E-state index >= 15 is 0 Å². The Labute approximate surface area is 152 Å². The molecule has 0 bridgehead atoms. The number of rotatable bonds is 12. The number of aromatic hydroxyl groups is 1. The minimum atomic E-state index is 0.224. The monoisotopic (exact) mass is 340 g/mol. The van der Waals surface area contributed by atoms with Crippen molar-refractivity contribution >= 4 is 17.1 Å². The lowest BCUT2D eigenvalue weighted by Gasteiger charge is -2.03. The second-order valence-electron chi connectivity index (χ2n) is 6.79. The van der Waals surface area contributed by atoms with Gasteiger partial charge in [-0.15, -0.1) is 0 Å². The Morgan fingerprint density at radius 1 is 0.920 bits per heavy atom. The van der Waals surface area contributed by atoms with E-state index in [-0.39, 0.29) is 5.75 Å². The number of aromatic nitrogens is 1. The van der Waals surface area contributed by atoms with Gasteiger partial charge in [0.15, 0.2) is 0 Å². The van der Waals surface area contributed by atoms with Gasteiger partial charge in [-0.2, -0.15) is 0 Å². The summed E-state index contributed by atoms with van der Waals surface area (Å²) in [7, 11) is 0. The molecule has 0 aliphatic rings. The molecule has 0 saturated carbocycles. The summed E-state index contributed by atoms with van der Waals surface area (Å²) in [5, 5.41) is 10.8. The van der Waals surface area contributed by atoms with Crippen molar-refractivity contribution in [2.24, 2.45) is 4.99 Å². The Bertz CT molecular complexity index is 652. The Kier molecular flexibility index (Phi) is 9.03. The number of hydrogen-bond donors (Lipinski definition) is 1. The van der Waals surface area contributed by atoms with Crippen LogP contribution in [0.15, 0.2) is 35.5 Å². The zero-order valence-electron chi connectivity index (χ0n) is 15.6. The number of fused-ring (bicyclic) bond motifs is 1. The van der Waals surface area contributed by atoms with E-state index in [2.05, 4.69) is 16.9 Å². The van der Waals surface area contributed by atoms with Crippen molar-refractivity contribution in [1.29, 1.82) is 0 Å². The van der Waals surface area contributed by atoms with E-state index in [0.29, 0.717) is 5.52 Å². The summed E-state index contributed by atoms with van der Waals surface area (Å²) in [6.07, 6.45) is 17.1. The lowest BCUT2D eigenvalue weighted by atomic mass is 10.1. The van der Waals surface area contributed by atoms with Gasteiger partial charge in [0, 0.05) is 29.9 Å². The smallest absolute Gasteiger partial charge is 0.141 e. The molecule has 0 atom stereocenters. The van der Waals surface area contributed by atoms with Gasteiger partial charge in [-0.05, 0) is 24.6 Å². The number of benzene rings is 1. The number of nitrogens with zero attached hydrogens (tertiary/aromatic N) is 2. The number of unbranched alkanes of at least 4 members (excludes halogenated alkanes) is 9. The predicted molar refractivity (Wildman–Crippen MR) is 108 cm³/mol. The van der Waals surface area contributed by atoms with Crippen LogP contribution in [0.2, 0.25) is 0 Å². The number of phenols is 1. The van der Waals surface area contributed by atoms with Crippen molar-refractivity contribution in [3.05, 3.63) is 36.0 Å². The molecule has 1 heterocycles. The molecule has 2 aromatic rings. The molecule has 3 heteroatoms. The van der Waals surface area contributed by atoms with Crippen LogP contribution >= 0.6 is 0 Å². The van der Waals surface area contributed by atoms with Gasteiger partial charge in [-0.3, -0.25) is 9.98 Å². The van der Waals surface area contributed by atoms with Crippen LogP contribution in [0.3, 0.4) is 0 Å². The van der Waals surface area contributed by atoms with E-state index in [1.54, 1.807) is 12.3 Å². The van der Waals surface area contributed by atoms with Crippen LogP contribution in [-0.4, -0.2) is 22.8 Å². The molecule has 0 radical (unpaired) electrons. The summed E-state index contributed by atoms with van der Waals surface area (Å²) >= 11 is 0. The standard InChI is InChI=1S/C22H32N2O/c1-2-3-4-5-6-7-8-9-10-11-16-23-18-19-14-15-21(25)22-20(19)13-12-17-24-22/h12-15,17-18,25H,2-11,16H2,1H3. The fraction of sp³-hybridized carbons (Fsp3) is 0.545. The maximum absolute atomic E-state index is 9.86. The van der Waals surface area contributed by atoms with E-state index in [9.17, 15) is 5.11 Å². The molecule has 0 aliphatic heterocycles. The maximum Gasteiger partial charge on any atom is 0.141 e. The molecule has 25 heavy (non-hydrogen) atoms. The molecule has 1 N–H and O–H groups in total. The van der Waals surface area contributed by atoms with Crippen molar-refractivity contribution in [2.75, 3.05) is 6.54 Å². The summed E-state index contributed by atoms with van der Waals surface area (Å²) < 4.78 is 0. The number of phenolic OH excluding ortho intramolecular Hbond substituents is 1. The molecule has 0 spiro atoms. The molecule has 0 aliphatic carbocycles. The highest BCUT2D eigenvalue weighted by atomic mass is 16.3. The van der Waals surface area contributed by atoms with E-state index in [0.717, 1.165) is 23.9 Å². The Morgan fingerprint density at radius 3 is 2.32 bits per heavy atom. The van der Waals surface area contributed by atoms with Crippen molar-refractivity contribution in [2.45, 2.75) is 71.1 Å². The first kappa shape index (κ1) is 19.4. The van der Waals surface area contributed by atoms with Crippen LogP contribution in [0, 0.1) is 0 Å². The Morgan fingerprint density at radius 2 is 1.60 bits per heavy atom. The molecule has 0 unspecified atom stereocenters. The molecule has 136 valence electrons.